The van der Waals surface area contributed by atoms with Crippen LogP contribution in [0.15, 0.2) is 21.5 Å². The molecule has 7 nitrogen and oxygen atoms in total. The van der Waals surface area contributed by atoms with Crippen LogP contribution in [0.4, 0.5) is 0 Å². The summed E-state index contributed by atoms with van der Waals surface area (Å²) in [7, 11) is 3.63. The Bertz CT molecular complexity index is 634. The van der Waals surface area contributed by atoms with E-state index in [1.807, 2.05) is 20.0 Å². The smallest absolute Gasteiger partial charge is 0.191 e. The molecule has 2 N–H and O–H groups in total. The molecule has 0 amide bonds. The van der Waals surface area contributed by atoms with Crippen molar-refractivity contribution in [2.24, 2.45) is 10.4 Å². The summed E-state index contributed by atoms with van der Waals surface area (Å²) in [4.78, 5) is 6.90. The predicted molar refractivity (Wildman–Crippen MR) is 115 cm³/mol. The lowest BCUT2D eigenvalue weighted by Gasteiger charge is -2.34. The van der Waals surface area contributed by atoms with Crippen LogP contribution in [-0.2, 0) is 9.47 Å². The van der Waals surface area contributed by atoms with Gasteiger partial charge in [0, 0.05) is 46.9 Å². The first-order chi connectivity index (χ1) is 14.2. The Balaban J connectivity index is 1.58. The van der Waals surface area contributed by atoms with E-state index in [0.29, 0.717) is 5.41 Å². The zero-order valence-corrected chi connectivity index (χ0v) is 18.3. The molecule has 0 aromatic carbocycles. The number of aliphatic imine (C=N–C) groups is 1. The van der Waals surface area contributed by atoms with Gasteiger partial charge in [-0.05, 0) is 43.7 Å². The molecule has 1 aliphatic heterocycles. The Morgan fingerprint density at radius 3 is 2.62 bits per heavy atom. The quantitative estimate of drug-likeness (QED) is 0.485. The van der Waals surface area contributed by atoms with Crippen molar-refractivity contribution in [3.8, 4) is 0 Å². The maximum Gasteiger partial charge on any atom is 0.191 e. The molecular formula is C22H38N4O3. The Kier molecular flexibility index (Phi) is 8.39. The number of rotatable bonds is 9. The standard InChI is InChI=1S/C22H38N4O3/c1-18-6-7-20(29-18)19(26-11-14-28-15-12-26)16-24-21(23-2)25-17-22(10-13-27-3)8-4-5-9-22/h6-7,19H,4-5,8-17H2,1-3H3,(H2,23,24,25). The fourth-order valence-electron chi connectivity index (χ4n) is 4.58. The van der Waals surface area contributed by atoms with E-state index in [2.05, 4.69) is 26.6 Å². The molecule has 1 saturated carbocycles. The number of nitrogens with zero attached hydrogens (tertiary/aromatic N) is 2. The molecule has 7 heteroatoms. The number of ether oxygens (including phenoxy) is 2. The van der Waals surface area contributed by atoms with Crippen molar-refractivity contribution in [1.29, 1.82) is 0 Å². The van der Waals surface area contributed by atoms with E-state index in [9.17, 15) is 0 Å². The molecule has 1 aromatic rings. The minimum Gasteiger partial charge on any atom is -0.465 e. The van der Waals surface area contributed by atoms with Gasteiger partial charge in [0.2, 0.25) is 0 Å². The summed E-state index contributed by atoms with van der Waals surface area (Å²) in [6.45, 7) is 7.88. The Labute approximate surface area is 175 Å². The molecule has 2 heterocycles. The van der Waals surface area contributed by atoms with Gasteiger partial charge in [0.1, 0.15) is 11.5 Å². The summed E-state index contributed by atoms with van der Waals surface area (Å²) in [6, 6.07) is 4.29. The highest BCUT2D eigenvalue weighted by Crippen LogP contribution is 2.40. The van der Waals surface area contributed by atoms with Crippen LogP contribution in [0.2, 0.25) is 0 Å². The highest BCUT2D eigenvalue weighted by atomic mass is 16.5. The first-order valence-corrected chi connectivity index (χ1v) is 11.0. The lowest BCUT2D eigenvalue weighted by molar-refractivity contribution is 0.0124. The van der Waals surface area contributed by atoms with Crippen molar-refractivity contribution in [2.45, 2.75) is 45.1 Å². The molecule has 164 valence electrons. The third kappa shape index (κ3) is 6.20. The molecule has 2 fully saturated rings. The molecular weight excluding hydrogens is 368 g/mol. The summed E-state index contributed by atoms with van der Waals surface area (Å²) in [5.41, 5.74) is 0.329. The van der Waals surface area contributed by atoms with Gasteiger partial charge in [-0.25, -0.2) is 0 Å². The highest BCUT2D eigenvalue weighted by molar-refractivity contribution is 5.79. The number of nitrogens with one attached hydrogen (secondary N) is 2. The summed E-state index contributed by atoms with van der Waals surface area (Å²) >= 11 is 0. The molecule has 1 unspecified atom stereocenters. The molecule has 0 bridgehead atoms. The maximum atomic E-state index is 5.97. The number of guanidine groups is 1. The van der Waals surface area contributed by atoms with Crippen LogP contribution in [0.1, 0.15) is 49.7 Å². The van der Waals surface area contributed by atoms with E-state index < -0.39 is 0 Å². The van der Waals surface area contributed by atoms with Crippen LogP contribution in [0.25, 0.3) is 0 Å². The van der Waals surface area contributed by atoms with Crippen molar-refractivity contribution < 1.29 is 13.9 Å². The van der Waals surface area contributed by atoms with Crippen molar-refractivity contribution in [1.82, 2.24) is 15.5 Å². The highest BCUT2D eigenvalue weighted by Gasteiger charge is 2.33. The lowest BCUT2D eigenvalue weighted by Crippen LogP contribution is -2.48. The second-order valence-electron chi connectivity index (χ2n) is 8.37. The molecule has 0 spiro atoms. The van der Waals surface area contributed by atoms with Crippen LogP contribution in [0, 0.1) is 12.3 Å². The summed E-state index contributed by atoms with van der Waals surface area (Å²) in [5.74, 6) is 2.80. The van der Waals surface area contributed by atoms with Crippen molar-refractivity contribution in [3.63, 3.8) is 0 Å². The van der Waals surface area contributed by atoms with Crippen molar-refractivity contribution in [3.05, 3.63) is 23.7 Å². The number of hydrogen-bond donors (Lipinski definition) is 2. The lowest BCUT2D eigenvalue weighted by atomic mass is 9.83. The van der Waals surface area contributed by atoms with Crippen LogP contribution in [0.5, 0.6) is 0 Å². The Hall–Kier alpha value is -1.57. The predicted octanol–water partition coefficient (Wildman–Crippen LogP) is 2.72. The third-order valence-corrected chi connectivity index (χ3v) is 6.39. The first-order valence-electron chi connectivity index (χ1n) is 11.0. The zero-order chi connectivity index (χ0) is 20.5. The van der Waals surface area contributed by atoms with Gasteiger partial charge in [-0.3, -0.25) is 9.89 Å². The Morgan fingerprint density at radius 1 is 1.24 bits per heavy atom. The van der Waals surface area contributed by atoms with Crippen LogP contribution < -0.4 is 10.6 Å². The van der Waals surface area contributed by atoms with Gasteiger partial charge in [-0.15, -0.1) is 0 Å². The first kappa shape index (κ1) is 22.1. The van der Waals surface area contributed by atoms with Gasteiger partial charge in [0.15, 0.2) is 5.96 Å². The van der Waals surface area contributed by atoms with E-state index in [-0.39, 0.29) is 6.04 Å². The number of furan rings is 1. The van der Waals surface area contributed by atoms with Crippen LogP contribution >= 0.6 is 0 Å². The molecule has 1 atom stereocenters. The number of methoxy groups -OCH3 is 1. The topological polar surface area (TPSA) is 71.3 Å². The van der Waals surface area contributed by atoms with Gasteiger partial charge in [-0.1, -0.05) is 12.8 Å². The average molecular weight is 407 g/mol. The number of aryl methyl sites for hydroxylation is 1. The normalized spacial score (nSPS) is 21.3. The molecule has 1 aromatic heterocycles. The van der Waals surface area contributed by atoms with Gasteiger partial charge in [0.05, 0.1) is 19.3 Å². The summed E-state index contributed by atoms with van der Waals surface area (Å²) in [5, 5.41) is 7.12. The zero-order valence-electron chi connectivity index (χ0n) is 18.3. The van der Waals surface area contributed by atoms with Crippen LogP contribution in [0.3, 0.4) is 0 Å². The molecule has 29 heavy (non-hydrogen) atoms. The minimum absolute atomic E-state index is 0.167. The van der Waals surface area contributed by atoms with Crippen molar-refractivity contribution in [2.75, 3.05) is 60.2 Å². The second-order valence-corrected chi connectivity index (χ2v) is 8.37. The fraction of sp³-hybridized carbons (Fsp3) is 0.773. The molecule has 2 aliphatic rings. The molecule has 0 radical (unpaired) electrons. The molecule has 1 aliphatic carbocycles. The van der Waals surface area contributed by atoms with Gasteiger partial charge in [0.25, 0.3) is 0 Å². The average Bonchev–Trinajstić information content (AvgIpc) is 3.39. The molecule has 3 rings (SSSR count). The summed E-state index contributed by atoms with van der Waals surface area (Å²) < 4.78 is 16.9. The van der Waals surface area contributed by atoms with E-state index in [0.717, 1.165) is 69.9 Å². The third-order valence-electron chi connectivity index (χ3n) is 6.39. The number of hydrogen-bond acceptors (Lipinski definition) is 5. The molecule has 1 saturated heterocycles. The Morgan fingerprint density at radius 2 is 2.00 bits per heavy atom. The van der Waals surface area contributed by atoms with Crippen LogP contribution in [-0.4, -0.2) is 71.0 Å². The maximum absolute atomic E-state index is 5.97. The fourth-order valence-corrected chi connectivity index (χ4v) is 4.58. The second kappa shape index (κ2) is 11.0. The van der Waals surface area contributed by atoms with Gasteiger partial charge in [-0.2, -0.15) is 0 Å². The monoisotopic (exact) mass is 406 g/mol. The van der Waals surface area contributed by atoms with E-state index in [1.54, 1.807) is 7.11 Å². The minimum atomic E-state index is 0.167. The summed E-state index contributed by atoms with van der Waals surface area (Å²) in [6.07, 6.45) is 6.27. The van der Waals surface area contributed by atoms with Gasteiger partial charge >= 0.3 is 0 Å². The van der Waals surface area contributed by atoms with Gasteiger partial charge < -0.3 is 24.5 Å². The van der Waals surface area contributed by atoms with E-state index in [1.165, 1.54) is 25.7 Å². The van der Waals surface area contributed by atoms with Crippen molar-refractivity contribution >= 4 is 5.96 Å². The largest absolute Gasteiger partial charge is 0.465 e. The number of morpholine rings is 1. The van der Waals surface area contributed by atoms with E-state index in [4.69, 9.17) is 13.9 Å². The van der Waals surface area contributed by atoms with E-state index >= 15 is 0 Å². The SMILES string of the molecule is CN=C(NCC(c1ccc(C)o1)N1CCOCC1)NCC1(CCOC)CCCC1.